The highest BCUT2D eigenvalue weighted by Gasteiger charge is 2.21. The molecule has 0 amide bonds. The third-order valence-corrected chi connectivity index (χ3v) is 14.6. The van der Waals surface area contributed by atoms with Gasteiger partial charge in [-0.3, -0.25) is 0 Å². The van der Waals surface area contributed by atoms with Crippen molar-refractivity contribution in [3.8, 4) is 44.5 Å². The largest absolute Gasteiger partial charge is 0.310 e. The second kappa shape index (κ2) is 19.0. The summed E-state index contributed by atoms with van der Waals surface area (Å²) in [6.45, 7) is 0. The Morgan fingerprint density at radius 2 is 0.425 bits per heavy atom. The van der Waals surface area contributed by atoms with Crippen LogP contribution in [0.25, 0.3) is 87.6 Å². The maximum absolute atomic E-state index is 4.08. The molecule has 0 atom stereocenters. The molecule has 73 heavy (non-hydrogen) atoms. The lowest BCUT2D eigenvalue weighted by molar-refractivity contribution is 1.24. The molecule has 0 aliphatic carbocycles. The first-order valence-corrected chi connectivity index (χ1v) is 25.6. The lowest BCUT2D eigenvalue weighted by Gasteiger charge is -2.30. The molecule has 2 nitrogen and oxygen atoms in total. The molecule has 3 heteroatoms. The Hall–Kier alpha value is -9.02. The van der Waals surface area contributed by atoms with Gasteiger partial charge in [0.25, 0.3) is 0 Å². The molecule has 344 valence electrons. The van der Waals surface area contributed by atoms with E-state index in [0.717, 1.165) is 60.9 Å². The van der Waals surface area contributed by atoms with Crippen LogP contribution < -0.4 is 9.80 Å². The van der Waals surface area contributed by atoms with E-state index in [9.17, 15) is 0 Å². The molecular weight excluding hydrogens is 949 g/mol. The number of hydrogen-bond donors (Lipinski definition) is 0. The predicted molar refractivity (Wildman–Crippen MR) is 315 cm³/mol. The van der Waals surface area contributed by atoms with Crippen LogP contribution in [-0.2, 0) is 0 Å². The van der Waals surface area contributed by atoms with Crippen LogP contribution in [-0.4, -0.2) is 0 Å². The van der Waals surface area contributed by atoms with Crippen molar-refractivity contribution in [2.75, 3.05) is 9.80 Å². The van der Waals surface area contributed by atoms with E-state index < -0.39 is 0 Å². The van der Waals surface area contributed by atoms with E-state index in [2.05, 4.69) is 311 Å². The minimum Gasteiger partial charge on any atom is -0.310 e. The molecular formula is C70H47BrN2. The zero-order chi connectivity index (χ0) is 48.7. The van der Waals surface area contributed by atoms with Crippen molar-refractivity contribution < 1.29 is 0 Å². The number of halogens is 1. The van der Waals surface area contributed by atoms with Gasteiger partial charge in [-0.05, 0) is 179 Å². The van der Waals surface area contributed by atoms with Crippen LogP contribution in [0.4, 0.5) is 34.1 Å². The van der Waals surface area contributed by atoms with E-state index in [-0.39, 0.29) is 0 Å². The summed E-state index contributed by atoms with van der Waals surface area (Å²) >= 11 is 4.08. The Morgan fingerprint density at radius 3 is 0.699 bits per heavy atom. The van der Waals surface area contributed by atoms with E-state index >= 15 is 0 Å². The van der Waals surface area contributed by atoms with E-state index in [4.69, 9.17) is 0 Å². The first kappa shape index (κ1) is 44.0. The van der Waals surface area contributed by atoms with Gasteiger partial charge in [0.1, 0.15) is 0 Å². The molecule has 0 aliphatic rings. The maximum atomic E-state index is 4.08. The van der Waals surface area contributed by atoms with Crippen molar-refractivity contribution in [1.29, 1.82) is 0 Å². The lowest BCUT2D eigenvalue weighted by atomic mass is 9.99. The Kier molecular flexibility index (Phi) is 11.4. The van der Waals surface area contributed by atoms with Gasteiger partial charge in [0.05, 0.1) is 0 Å². The Labute approximate surface area is 434 Å². The summed E-state index contributed by atoms with van der Waals surface area (Å²) in [6.07, 6.45) is 0. The summed E-state index contributed by atoms with van der Waals surface area (Å²) in [7, 11) is 0. The molecule has 13 aromatic carbocycles. The smallest absolute Gasteiger partial charge is 0.0493 e. The molecule has 0 spiro atoms. The zero-order valence-electron chi connectivity index (χ0n) is 39.9. The molecule has 0 radical (unpaired) electrons. The average Bonchev–Trinajstić information content (AvgIpc) is 3.45. The minimum atomic E-state index is 0.961. The SMILES string of the molecule is Brc1cc(N(c2cccc(-c3ccc4ccccc4c3)c2)c2cccc(-c3ccc4ccccc4c3)c2)cc(N(c2cccc(-c3ccc4ccccc4c3)c2)c2cccc(-c3ccc4ccccc4c3)c2)c1. The van der Waals surface area contributed by atoms with Crippen molar-refractivity contribution >= 4 is 93.1 Å². The van der Waals surface area contributed by atoms with Crippen LogP contribution in [0, 0.1) is 0 Å². The predicted octanol–water partition coefficient (Wildman–Crippen LogP) is 20.7. The van der Waals surface area contributed by atoms with Gasteiger partial charge in [-0.2, -0.15) is 0 Å². The molecule has 0 aromatic heterocycles. The molecule has 13 aromatic rings. The third kappa shape index (κ3) is 8.82. The Bertz CT molecular complexity index is 3700. The third-order valence-electron chi connectivity index (χ3n) is 14.1. The normalized spacial score (nSPS) is 11.4. The van der Waals surface area contributed by atoms with Crippen LogP contribution in [0.1, 0.15) is 0 Å². The van der Waals surface area contributed by atoms with Crippen LogP contribution >= 0.6 is 15.9 Å². The van der Waals surface area contributed by atoms with Gasteiger partial charge in [-0.25, -0.2) is 0 Å². The van der Waals surface area contributed by atoms with Crippen LogP contribution in [0.2, 0.25) is 0 Å². The highest BCUT2D eigenvalue weighted by Crippen LogP contribution is 2.45. The van der Waals surface area contributed by atoms with Gasteiger partial charge in [-0.1, -0.05) is 210 Å². The molecule has 0 unspecified atom stereocenters. The topological polar surface area (TPSA) is 6.48 Å². The second-order valence-electron chi connectivity index (χ2n) is 18.8. The second-order valence-corrected chi connectivity index (χ2v) is 19.7. The molecule has 0 fully saturated rings. The Balaban J connectivity index is 0.989. The highest BCUT2D eigenvalue weighted by atomic mass is 79.9. The van der Waals surface area contributed by atoms with Crippen LogP contribution in [0.15, 0.2) is 290 Å². The Morgan fingerprint density at radius 1 is 0.178 bits per heavy atom. The van der Waals surface area contributed by atoms with Gasteiger partial charge >= 0.3 is 0 Å². The summed E-state index contributed by atoms with van der Waals surface area (Å²) in [5, 5.41) is 9.79. The van der Waals surface area contributed by atoms with Crippen molar-refractivity contribution in [3.05, 3.63) is 290 Å². The van der Waals surface area contributed by atoms with Crippen molar-refractivity contribution in [1.82, 2.24) is 0 Å². The van der Waals surface area contributed by atoms with E-state index in [0.29, 0.717) is 0 Å². The van der Waals surface area contributed by atoms with E-state index in [1.807, 2.05) is 0 Å². The number of anilines is 6. The van der Waals surface area contributed by atoms with Gasteiger partial charge in [0, 0.05) is 38.6 Å². The summed E-state index contributed by atoms with van der Waals surface area (Å²) in [5.74, 6) is 0. The fourth-order valence-corrected chi connectivity index (χ4v) is 11.0. The molecule has 0 saturated heterocycles. The summed E-state index contributed by atoms with van der Waals surface area (Å²) < 4.78 is 0.961. The van der Waals surface area contributed by atoms with Crippen molar-refractivity contribution in [3.63, 3.8) is 0 Å². The standard InChI is InChI=1S/C70H47BrN2/c71-64-45-69(72(65-25-9-21-56(41-65)60-33-29-48-13-1-5-17-52(48)37-60)66-26-10-22-57(42-66)61-34-30-49-14-2-6-18-53(49)38-61)47-70(46-64)73(67-27-11-23-58(43-67)62-35-31-50-15-3-7-19-54(50)39-62)68-28-12-24-59(44-68)63-36-32-51-16-4-8-20-55(51)40-63/h1-47H. The van der Waals surface area contributed by atoms with Gasteiger partial charge in [-0.15, -0.1) is 0 Å². The highest BCUT2D eigenvalue weighted by molar-refractivity contribution is 9.10. The van der Waals surface area contributed by atoms with E-state index in [1.54, 1.807) is 0 Å². The first-order chi connectivity index (χ1) is 36.0. The lowest BCUT2D eigenvalue weighted by Crippen LogP contribution is -2.14. The molecule has 0 saturated carbocycles. The molecule has 13 rings (SSSR count). The van der Waals surface area contributed by atoms with Crippen molar-refractivity contribution in [2.24, 2.45) is 0 Å². The van der Waals surface area contributed by atoms with Gasteiger partial charge < -0.3 is 9.80 Å². The number of nitrogens with zero attached hydrogens (tertiary/aromatic N) is 2. The maximum Gasteiger partial charge on any atom is 0.0493 e. The van der Waals surface area contributed by atoms with Crippen molar-refractivity contribution in [2.45, 2.75) is 0 Å². The first-order valence-electron chi connectivity index (χ1n) is 24.8. The number of fused-ring (bicyclic) bond motifs is 4. The molecule has 0 bridgehead atoms. The summed E-state index contributed by atoms with van der Waals surface area (Å²) in [5.41, 5.74) is 15.5. The molecule has 0 aliphatic heterocycles. The fourth-order valence-electron chi connectivity index (χ4n) is 10.5. The quantitative estimate of drug-likeness (QED) is 0.135. The zero-order valence-corrected chi connectivity index (χ0v) is 41.5. The number of benzene rings is 13. The monoisotopic (exact) mass is 994 g/mol. The van der Waals surface area contributed by atoms with E-state index in [1.165, 1.54) is 65.3 Å². The van der Waals surface area contributed by atoms with Gasteiger partial charge in [0.15, 0.2) is 0 Å². The molecule has 0 heterocycles. The van der Waals surface area contributed by atoms with Crippen LogP contribution in [0.3, 0.4) is 0 Å². The molecule has 0 N–H and O–H groups in total. The van der Waals surface area contributed by atoms with Crippen LogP contribution in [0.5, 0.6) is 0 Å². The average molecular weight is 996 g/mol. The fraction of sp³-hybridized carbons (Fsp3) is 0. The van der Waals surface area contributed by atoms with Gasteiger partial charge in [0.2, 0.25) is 0 Å². The minimum absolute atomic E-state index is 0.961. The summed E-state index contributed by atoms with van der Waals surface area (Å²) in [4.78, 5) is 4.80. The number of rotatable bonds is 10. The number of hydrogen-bond acceptors (Lipinski definition) is 2. The summed E-state index contributed by atoms with van der Waals surface area (Å²) in [6, 6.07) is 104.